The molecule has 1 nitrogen and oxygen atoms in total. The van der Waals surface area contributed by atoms with Gasteiger partial charge in [0.05, 0.1) is 16.0 Å². The molecular formula is C13H13ClOS. The van der Waals surface area contributed by atoms with Gasteiger partial charge in [0.1, 0.15) is 0 Å². The third-order valence-corrected chi connectivity index (χ3v) is 3.92. The molecule has 2 rings (SSSR count). The summed E-state index contributed by atoms with van der Waals surface area (Å²) in [5, 5.41) is 12.6. The second-order valence-electron chi connectivity index (χ2n) is 3.84. The fourth-order valence-corrected chi connectivity index (χ4v) is 2.87. The van der Waals surface area contributed by atoms with Crippen LogP contribution in [0.3, 0.4) is 0 Å². The maximum atomic E-state index is 10.1. The molecule has 1 heterocycles. The van der Waals surface area contributed by atoms with Gasteiger partial charge in [0.25, 0.3) is 0 Å². The Labute approximate surface area is 104 Å². The van der Waals surface area contributed by atoms with Gasteiger partial charge < -0.3 is 5.11 Å². The summed E-state index contributed by atoms with van der Waals surface area (Å²) in [5.41, 5.74) is 2.35. The number of aliphatic hydroxyl groups excluding tert-OH is 1. The minimum atomic E-state index is -0.505. The van der Waals surface area contributed by atoms with E-state index in [0.29, 0.717) is 11.4 Å². The Kier molecular flexibility index (Phi) is 3.64. The second kappa shape index (κ2) is 5.00. The molecule has 0 saturated heterocycles. The van der Waals surface area contributed by atoms with E-state index in [9.17, 15) is 5.11 Å². The van der Waals surface area contributed by atoms with Crippen LogP contribution in [-0.4, -0.2) is 5.11 Å². The molecule has 0 aliphatic heterocycles. The molecule has 16 heavy (non-hydrogen) atoms. The summed E-state index contributed by atoms with van der Waals surface area (Å²) in [6.07, 6.45) is 0.108. The lowest BCUT2D eigenvalue weighted by Crippen LogP contribution is -2.00. The van der Waals surface area contributed by atoms with Gasteiger partial charge >= 0.3 is 0 Å². The van der Waals surface area contributed by atoms with Crippen LogP contribution in [0.15, 0.2) is 35.7 Å². The fraction of sp³-hybridized carbons (Fsp3) is 0.231. The quantitative estimate of drug-likeness (QED) is 0.876. The van der Waals surface area contributed by atoms with Crippen LogP contribution in [0.4, 0.5) is 0 Å². The summed E-state index contributed by atoms with van der Waals surface area (Å²) in [7, 11) is 0. The zero-order valence-corrected chi connectivity index (χ0v) is 10.6. The average Bonchev–Trinajstić information content (AvgIpc) is 2.64. The van der Waals surface area contributed by atoms with Crippen molar-refractivity contribution < 1.29 is 5.11 Å². The van der Waals surface area contributed by atoms with Crippen molar-refractivity contribution in [1.29, 1.82) is 0 Å². The van der Waals surface area contributed by atoms with Gasteiger partial charge in [-0.2, -0.15) is 0 Å². The molecule has 0 aliphatic rings. The Bertz CT molecular complexity index is 478. The van der Waals surface area contributed by atoms with Crippen LogP contribution >= 0.6 is 22.9 Å². The SMILES string of the molecule is Cc1cccc(CC(O)c2sccc2Cl)c1. The lowest BCUT2D eigenvalue weighted by Gasteiger charge is -2.09. The maximum Gasteiger partial charge on any atom is 0.0937 e. The highest BCUT2D eigenvalue weighted by Gasteiger charge is 2.13. The molecule has 0 radical (unpaired) electrons. The van der Waals surface area contributed by atoms with Crippen molar-refractivity contribution in [1.82, 2.24) is 0 Å². The average molecular weight is 253 g/mol. The van der Waals surface area contributed by atoms with Gasteiger partial charge in [-0.1, -0.05) is 41.4 Å². The number of aryl methyl sites for hydroxylation is 1. The Morgan fingerprint density at radius 1 is 1.38 bits per heavy atom. The van der Waals surface area contributed by atoms with E-state index in [-0.39, 0.29) is 0 Å². The summed E-state index contributed by atoms with van der Waals surface area (Å²) < 4.78 is 0. The molecule has 3 heteroatoms. The van der Waals surface area contributed by atoms with Crippen LogP contribution in [0.1, 0.15) is 22.1 Å². The number of hydrogen-bond donors (Lipinski definition) is 1. The summed E-state index contributed by atoms with van der Waals surface area (Å²) >= 11 is 7.48. The third kappa shape index (κ3) is 2.64. The highest BCUT2D eigenvalue weighted by Crippen LogP contribution is 2.30. The van der Waals surface area contributed by atoms with Gasteiger partial charge in [0.15, 0.2) is 0 Å². The van der Waals surface area contributed by atoms with Crippen LogP contribution in [-0.2, 0) is 6.42 Å². The summed E-state index contributed by atoms with van der Waals surface area (Å²) in [6, 6.07) is 9.99. The number of halogens is 1. The number of hydrogen-bond acceptors (Lipinski definition) is 2. The molecule has 1 unspecified atom stereocenters. The standard InChI is InChI=1S/C13H13ClOS/c1-9-3-2-4-10(7-9)8-12(15)13-11(14)5-6-16-13/h2-7,12,15H,8H2,1H3. The van der Waals surface area contributed by atoms with E-state index in [2.05, 4.69) is 6.07 Å². The molecule has 0 spiro atoms. The van der Waals surface area contributed by atoms with E-state index in [4.69, 9.17) is 11.6 Å². The van der Waals surface area contributed by atoms with E-state index in [1.54, 1.807) is 0 Å². The molecule has 1 aromatic carbocycles. The van der Waals surface area contributed by atoms with Gasteiger partial charge in [0.2, 0.25) is 0 Å². The van der Waals surface area contributed by atoms with Gasteiger partial charge in [0, 0.05) is 6.42 Å². The highest BCUT2D eigenvalue weighted by molar-refractivity contribution is 7.10. The molecule has 0 bridgehead atoms. The molecule has 0 amide bonds. The first-order valence-electron chi connectivity index (χ1n) is 5.13. The van der Waals surface area contributed by atoms with Gasteiger partial charge in [-0.25, -0.2) is 0 Å². The summed E-state index contributed by atoms with van der Waals surface area (Å²) in [4.78, 5) is 0.850. The zero-order chi connectivity index (χ0) is 11.5. The van der Waals surface area contributed by atoms with E-state index < -0.39 is 6.10 Å². The van der Waals surface area contributed by atoms with Gasteiger partial charge in [-0.3, -0.25) is 0 Å². The van der Waals surface area contributed by atoms with Crippen LogP contribution in [0.2, 0.25) is 5.02 Å². The number of rotatable bonds is 3. The predicted molar refractivity (Wildman–Crippen MR) is 69.2 cm³/mol. The molecule has 0 saturated carbocycles. The molecule has 0 aliphatic carbocycles. The molecule has 0 fully saturated rings. The van der Waals surface area contributed by atoms with Crippen molar-refractivity contribution in [2.24, 2.45) is 0 Å². The molecule has 2 aromatic rings. The first-order valence-corrected chi connectivity index (χ1v) is 6.39. The summed E-state index contributed by atoms with van der Waals surface area (Å²) in [6.45, 7) is 2.05. The van der Waals surface area contributed by atoms with E-state index >= 15 is 0 Å². The normalized spacial score (nSPS) is 12.7. The van der Waals surface area contributed by atoms with Crippen molar-refractivity contribution >= 4 is 22.9 Å². The smallest absolute Gasteiger partial charge is 0.0937 e. The number of thiophene rings is 1. The van der Waals surface area contributed by atoms with Crippen molar-refractivity contribution in [3.05, 3.63) is 56.7 Å². The zero-order valence-electron chi connectivity index (χ0n) is 8.98. The molecule has 1 aromatic heterocycles. The minimum Gasteiger partial charge on any atom is -0.387 e. The van der Waals surface area contributed by atoms with Crippen LogP contribution in [0.25, 0.3) is 0 Å². The number of aliphatic hydroxyl groups is 1. The van der Waals surface area contributed by atoms with E-state index in [1.165, 1.54) is 16.9 Å². The molecule has 1 atom stereocenters. The Hall–Kier alpha value is -0.830. The van der Waals surface area contributed by atoms with Crippen LogP contribution in [0.5, 0.6) is 0 Å². The summed E-state index contributed by atoms with van der Waals surface area (Å²) in [5.74, 6) is 0. The minimum absolute atomic E-state index is 0.505. The highest BCUT2D eigenvalue weighted by atomic mass is 35.5. The Balaban J connectivity index is 2.14. The number of benzene rings is 1. The molecule has 84 valence electrons. The second-order valence-corrected chi connectivity index (χ2v) is 5.20. The predicted octanol–water partition coefficient (Wildman–Crippen LogP) is 3.99. The van der Waals surface area contributed by atoms with Gasteiger partial charge in [-0.05, 0) is 23.9 Å². The first-order chi connectivity index (χ1) is 7.66. The van der Waals surface area contributed by atoms with Crippen molar-refractivity contribution in [3.63, 3.8) is 0 Å². The van der Waals surface area contributed by atoms with Crippen LogP contribution in [0, 0.1) is 6.92 Å². The van der Waals surface area contributed by atoms with Crippen molar-refractivity contribution in [3.8, 4) is 0 Å². The largest absolute Gasteiger partial charge is 0.387 e. The lowest BCUT2D eigenvalue weighted by molar-refractivity contribution is 0.182. The van der Waals surface area contributed by atoms with Crippen molar-refractivity contribution in [2.75, 3.05) is 0 Å². The van der Waals surface area contributed by atoms with E-state index in [0.717, 1.165) is 10.4 Å². The maximum absolute atomic E-state index is 10.1. The van der Waals surface area contributed by atoms with Crippen LogP contribution < -0.4 is 0 Å². The monoisotopic (exact) mass is 252 g/mol. The van der Waals surface area contributed by atoms with Gasteiger partial charge in [-0.15, -0.1) is 11.3 Å². The molecule has 1 N–H and O–H groups in total. The Morgan fingerprint density at radius 2 is 2.19 bits per heavy atom. The topological polar surface area (TPSA) is 20.2 Å². The van der Waals surface area contributed by atoms with E-state index in [1.807, 2.05) is 36.6 Å². The Morgan fingerprint density at radius 3 is 2.81 bits per heavy atom. The lowest BCUT2D eigenvalue weighted by atomic mass is 10.0. The van der Waals surface area contributed by atoms with Crippen molar-refractivity contribution in [2.45, 2.75) is 19.4 Å². The third-order valence-electron chi connectivity index (χ3n) is 2.46. The first kappa shape index (κ1) is 11.6. The molecular weight excluding hydrogens is 240 g/mol. The fourth-order valence-electron chi connectivity index (χ4n) is 1.70.